The number of nitrogens with one attached hydrogen (secondary N) is 2. The zero-order chi connectivity index (χ0) is 17.2. The fraction of sp³-hybridized carbons (Fsp3) is 0.556. The third-order valence-corrected chi connectivity index (χ3v) is 4.45. The molecule has 2 unspecified atom stereocenters. The molecular weight excluding hydrogens is 302 g/mol. The molecule has 1 saturated heterocycles. The van der Waals surface area contributed by atoms with E-state index < -0.39 is 0 Å². The average Bonchev–Trinajstić information content (AvgIpc) is 3.17. The normalized spacial score (nSPS) is 21.5. The van der Waals surface area contributed by atoms with Crippen LogP contribution in [0.3, 0.4) is 0 Å². The Morgan fingerprint density at radius 2 is 1.92 bits per heavy atom. The van der Waals surface area contributed by atoms with Crippen molar-refractivity contribution in [3.05, 3.63) is 36.2 Å². The highest BCUT2D eigenvalue weighted by Crippen LogP contribution is 2.25. The van der Waals surface area contributed by atoms with Gasteiger partial charge < -0.3 is 4.42 Å². The van der Waals surface area contributed by atoms with Crippen LogP contribution in [0.4, 0.5) is 0 Å². The van der Waals surface area contributed by atoms with Crippen molar-refractivity contribution < 1.29 is 4.42 Å². The molecule has 3 rings (SSSR count). The van der Waals surface area contributed by atoms with Crippen molar-refractivity contribution in [1.29, 1.82) is 0 Å². The summed E-state index contributed by atoms with van der Waals surface area (Å²) in [6.07, 6.45) is 1.12. The lowest BCUT2D eigenvalue weighted by Gasteiger charge is -2.26. The van der Waals surface area contributed by atoms with Crippen molar-refractivity contribution in [1.82, 2.24) is 25.9 Å². The Morgan fingerprint density at radius 3 is 2.58 bits per heavy atom. The minimum Gasteiger partial charge on any atom is -0.419 e. The van der Waals surface area contributed by atoms with Gasteiger partial charge in [0.1, 0.15) is 0 Å². The van der Waals surface area contributed by atoms with Crippen LogP contribution in [0.15, 0.2) is 34.7 Å². The second-order valence-corrected chi connectivity index (χ2v) is 7.70. The van der Waals surface area contributed by atoms with Gasteiger partial charge in [-0.3, -0.25) is 15.8 Å². The van der Waals surface area contributed by atoms with E-state index in [-0.39, 0.29) is 5.41 Å². The Balaban J connectivity index is 1.53. The maximum Gasteiger partial charge on any atom is 0.247 e. The van der Waals surface area contributed by atoms with Gasteiger partial charge >= 0.3 is 0 Å². The third-order valence-electron chi connectivity index (χ3n) is 4.45. The Labute approximate surface area is 143 Å². The van der Waals surface area contributed by atoms with Crippen LogP contribution in [0, 0.1) is 5.41 Å². The summed E-state index contributed by atoms with van der Waals surface area (Å²) in [7, 11) is 2.08. The summed E-state index contributed by atoms with van der Waals surface area (Å²) in [6, 6.07) is 10.8. The molecule has 2 N–H and O–H groups in total. The topological polar surface area (TPSA) is 66.2 Å². The van der Waals surface area contributed by atoms with Crippen molar-refractivity contribution in [2.75, 3.05) is 13.6 Å². The summed E-state index contributed by atoms with van der Waals surface area (Å²) in [4.78, 5) is 2.21. The van der Waals surface area contributed by atoms with Gasteiger partial charge in [-0.1, -0.05) is 39.0 Å². The summed E-state index contributed by atoms with van der Waals surface area (Å²) in [5.74, 6) is 1.22. The number of aromatic nitrogens is 2. The minimum atomic E-state index is 0.261. The molecule has 130 valence electrons. The zero-order valence-electron chi connectivity index (χ0n) is 14.9. The van der Waals surface area contributed by atoms with E-state index in [4.69, 9.17) is 4.42 Å². The van der Waals surface area contributed by atoms with Gasteiger partial charge in [0.25, 0.3) is 0 Å². The minimum absolute atomic E-state index is 0.261. The quantitative estimate of drug-likeness (QED) is 0.878. The Hall–Kier alpha value is -1.76. The van der Waals surface area contributed by atoms with E-state index in [0.29, 0.717) is 30.4 Å². The van der Waals surface area contributed by atoms with Crippen LogP contribution in [-0.4, -0.2) is 40.8 Å². The lowest BCUT2D eigenvalue weighted by Crippen LogP contribution is -2.41. The second-order valence-electron chi connectivity index (χ2n) is 7.70. The van der Waals surface area contributed by atoms with Crippen LogP contribution in [0.5, 0.6) is 0 Å². The first kappa shape index (κ1) is 17.1. The monoisotopic (exact) mass is 329 g/mol. The van der Waals surface area contributed by atoms with Gasteiger partial charge in [0.2, 0.25) is 11.8 Å². The van der Waals surface area contributed by atoms with Crippen LogP contribution in [0.2, 0.25) is 0 Å². The molecule has 0 amide bonds. The SMILES string of the molecule is CN(Cc1nnc(-c2ccccc2)o1)CC1CC(C(C)(C)C)NN1. The van der Waals surface area contributed by atoms with Crippen LogP contribution < -0.4 is 10.9 Å². The smallest absolute Gasteiger partial charge is 0.247 e. The molecule has 0 radical (unpaired) electrons. The molecule has 0 aliphatic carbocycles. The third kappa shape index (κ3) is 4.20. The first-order valence-electron chi connectivity index (χ1n) is 8.49. The van der Waals surface area contributed by atoms with Gasteiger partial charge in [0.05, 0.1) is 6.54 Å². The van der Waals surface area contributed by atoms with E-state index in [9.17, 15) is 0 Å². The predicted molar refractivity (Wildman–Crippen MR) is 94.0 cm³/mol. The number of benzene rings is 1. The summed E-state index contributed by atoms with van der Waals surface area (Å²) in [5, 5.41) is 8.31. The molecule has 0 bridgehead atoms. The highest BCUT2D eigenvalue weighted by atomic mass is 16.4. The molecular formula is C18H27N5O. The maximum absolute atomic E-state index is 5.78. The molecule has 1 aromatic carbocycles. The van der Waals surface area contributed by atoms with Crippen molar-refractivity contribution >= 4 is 0 Å². The first-order valence-corrected chi connectivity index (χ1v) is 8.49. The van der Waals surface area contributed by atoms with Gasteiger partial charge in [-0.15, -0.1) is 10.2 Å². The molecule has 2 heterocycles. The first-order chi connectivity index (χ1) is 11.4. The van der Waals surface area contributed by atoms with Crippen LogP contribution >= 0.6 is 0 Å². The van der Waals surface area contributed by atoms with E-state index in [1.165, 1.54) is 0 Å². The van der Waals surface area contributed by atoms with Crippen molar-refractivity contribution in [3.8, 4) is 11.5 Å². The summed E-state index contributed by atoms with van der Waals surface area (Å²) >= 11 is 0. The average molecular weight is 329 g/mol. The zero-order valence-corrected chi connectivity index (χ0v) is 14.9. The summed E-state index contributed by atoms with van der Waals surface area (Å²) < 4.78 is 5.78. The van der Waals surface area contributed by atoms with Gasteiger partial charge in [0, 0.05) is 24.2 Å². The predicted octanol–water partition coefficient (Wildman–Crippen LogP) is 2.45. The number of rotatable bonds is 5. The molecule has 1 aliphatic heterocycles. The van der Waals surface area contributed by atoms with Gasteiger partial charge in [-0.25, -0.2) is 0 Å². The van der Waals surface area contributed by atoms with E-state index >= 15 is 0 Å². The molecule has 1 aromatic heterocycles. The summed E-state index contributed by atoms with van der Waals surface area (Å²) in [6.45, 7) is 8.38. The molecule has 24 heavy (non-hydrogen) atoms. The second kappa shape index (κ2) is 7.01. The van der Waals surface area contributed by atoms with Gasteiger partial charge in [-0.2, -0.15) is 0 Å². The fourth-order valence-electron chi connectivity index (χ4n) is 3.00. The van der Waals surface area contributed by atoms with Crippen LogP contribution in [-0.2, 0) is 6.54 Å². The number of hydrogen-bond donors (Lipinski definition) is 2. The van der Waals surface area contributed by atoms with Crippen molar-refractivity contribution in [3.63, 3.8) is 0 Å². The molecule has 6 heteroatoms. The van der Waals surface area contributed by atoms with E-state index in [2.05, 4.69) is 53.8 Å². The highest BCUT2D eigenvalue weighted by molar-refractivity contribution is 5.51. The lowest BCUT2D eigenvalue weighted by molar-refractivity contribution is 0.259. The van der Waals surface area contributed by atoms with Gasteiger partial charge in [0.15, 0.2) is 0 Å². The molecule has 1 fully saturated rings. The molecule has 2 atom stereocenters. The highest BCUT2D eigenvalue weighted by Gasteiger charge is 2.32. The van der Waals surface area contributed by atoms with Gasteiger partial charge in [-0.05, 0) is 31.0 Å². The number of hydrogen-bond acceptors (Lipinski definition) is 6. The molecule has 1 aliphatic rings. The van der Waals surface area contributed by atoms with E-state index in [0.717, 1.165) is 18.5 Å². The standard InChI is InChI=1S/C18H27N5O/c1-18(2,3)15-10-14(19-20-15)11-23(4)12-16-21-22-17(24-16)13-8-6-5-7-9-13/h5-9,14-15,19-20H,10-12H2,1-4H3. The number of likely N-dealkylation sites (N-methyl/N-ethyl adjacent to an activating group) is 1. The van der Waals surface area contributed by atoms with E-state index in [1.54, 1.807) is 0 Å². The lowest BCUT2D eigenvalue weighted by atomic mass is 9.84. The van der Waals surface area contributed by atoms with Crippen molar-refractivity contribution in [2.24, 2.45) is 5.41 Å². The van der Waals surface area contributed by atoms with Crippen LogP contribution in [0.1, 0.15) is 33.1 Å². The molecule has 0 saturated carbocycles. The summed E-state index contributed by atoms with van der Waals surface area (Å²) in [5.41, 5.74) is 8.03. The molecule has 0 spiro atoms. The Kier molecular flexibility index (Phi) is 4.99. The number of nitrogens with zero attached hydrogens (tertiary/aromatic N) is 3. The molecule has 6 nitrogen and oxygen atoms in total. The number of hydrazine groups is 1. The largest absolute Gasteiger partial charge is 0.419 e. The van der Waals surface area contributed by atoms with Crippen molar-refractivity contribution in [2.45, 2.75) is 45.8 Å². The Bertz CT molecular complexity index is 649. The van der Waals surface area contributed by atoms with E-state index in [1.807, 2.05) is 30.3 Å². The molecule has 2 aromatic rings. The Morgan fingerprint density at radius 1 is 1.17 bits per heavy atom. The fourth-order valence-corrected chi connectivity index (χ4v) is 3.00. The van der Waals surface area contributed by atoms with Crippen LogP contribution in [0.25, 0.3) is 11.5 Å². The maximum atomic E-state index is 5.78.